The van der Waals surface area contributed by atoms with Crippen molar-refractivity contribution in [2.45, 2.75) is 25.8 Å². The van der Waals surface area contributed by atoms with Gasteiger partial charge in [0.25, 0.3) is 11.8 Å². The third-order valence-electron chi connectivity index (χ3n) is 5.47. The Labute approximate surface area is 183 Å². The van der Waals surface area contributed by atoms with Crippen LogP contribution < -0.4 is 5.32 Å². The second-order valence-electron chi connectivity index (χ2n) is 7.65. The molecule has 2 amide bonds. The molecular formula is C24H22F2N2O2S. The molecule has 0 unspecified atom stereocenters. The zero-order valence-electron chi connectivity index (χ0n) is 17.0. The molecule has 1 aliphatic heterocycles. The van der Waals surface area contributed by atoms with Crippen LogP contribution in [0.15, 0.2) is 54.6 Å². The largest absolute Gasteiger partial charge is 0.349 e. The minimum absolute atomic E-state index is 0.0309. The molecule has 1 fully saturated rings. The zero-order chi connectivity index (χ0) is 22.0. The second kappa shape index (κ2) is 8.98. The van der Waals surface area contributed by atoms with E-state index in [1.807, 2.05) is 13.0 Å². The van der Waals surface area contributed by atoms with Gasteiger partial charge in [0.05, 0.1) is 10.4 Å². The summed E-state index contributed by atoms with van der Waals surface area (Å²) in [4.78, 5) is 28.7. The topological polar surface area (TPSA) is 49.4 Å². The minimum Gasteiger partial charge on any atom is -0.349 e. The van der Waals surface area contributed by atoms with Crippen molar-refractivity contribution in [3.63, 3.8) is 0 Å². The number of rotatable bonds is 4. The maximum atomic E-state index is 13.8. The number of benzene rings is 2. The number of nitrogens with one attached hydrogen (secondary N) is 1. The number of halogens is 2. The average Bonchev–Trinajstić information content (AvgIpc) is 3.16. The molecule has 4 rings (SSSR count). The molecular weight excluding hydrogens is 418 g/mol. The van der Waals surface area contributed by atoms with E-state index in [0.29, 0.717) is 30.8 Å². The Morgan fingerprint density at radius 1 is 1.03 bits per heavy atom. The molecule has 0 aliphatic carbocycles. The molecule has 1 N–H and O–H groups in total. The quantitative estimate of drug-likeness (QED) is 0.618. The van der Waals surface area contributed by atoms with E-state index < -0.39 is 11.7 Å². The Morgan fingerprint density at radius 2 is 1.71 bits per heavy atom. The lowest BCUT2D eigenvalue weighted by Crippen LogP contribution is -2.46. The van der Waals surface area contributed by atoms with E-state index in [1.165, 1.54) is 35.6 Å². The molecule has 0 bridgehead atoms. The van der Waals surface area contributed by atoms with Crippen LogP contribution in [0.1, 0.15) is 38.4 Å². The molecule has 1 aromatic heterocycles. The van der Waals surface area contributed by atoms with Crippen LogP contribution >= 0.6 is 11.3 Å². The third kappa shape index (κ3) is 4.66. The first-order valence-electron chi connectivity index (χ1n) is 10.1. The van der Waals surface area contributed by atoms with Gasteiger partial charge in [-0.15, -0.1) is 11.3 Å². The summed E-state index contributed by atoms with van der Waals surface area (Å²) in [7, 11) is 0. The molecule has 0 atom stereocenters. The second-order valence-corrected chi connectivity index (χ2v) is 8.70. The molecule has 31 heavy (non-hydrogen) atoms. The Morgan fingerprint density at radius 3 is 2.39 bits per heavy atom. The number of hydrogen-bond donors (Lipinski definition) is 1. The highest BCUT2D eigenvalue weighted by molar-refractivity contribution is 7.17. The van der Waals surface area contributed by atoms with Gasteiger partial charge in [0.1, 0.15) is 11.6 Å². The third-order valence-corrected chi connectivity index (χ3v) is 6.75. The highest BCUT2D eigenvalue weighted by Crippen LogP contribution is 2.33. The van der Waals surface area contributed by atoms with Crippen LogP contribution in [-0.2, 0) is 0 Å². The first-order chi connectivity index (χ1) is 14.9. The molecule has 1 saturated heterocycles. The van der Waals surface area contributed by atoms with E-state index in [0.717, 1.165) is 16.0 Å². The normalized spacial score (nSPS) is 14.5. The lowest BCUT2D eigenvalue weighted by atomic mass is 10.0. The van der Waals surface area contributed by atoms with E-state index in [2.05, 4.69) is 5.32 Å². The smallest absolute Gasteiger partial charge is 0.263 e. The van der Waals surface area contributed by atoms with Crippen molar-refractivity contribution in [3.8, 4) is 10.4 Å². The highest BCUT2D eigenvalue weighted by atomic mass is 32.1. The fourth-order valence-corrected chi connectivity index (χ4v) is 4.91. The van der Waals surface area contributed by atoms with Crippen LogP contribution in [0, 0.1) is 18.6 Å². The fourth-order valence-electron chi connectivity index (χ4n) is 3.77. The summed E-state index contributed by atoms with van der Waals surface area (Å²) in [5, 5.41) is 2.87. The highest BCUT2D eigenvalue weighted by Gasteiger charge is 2.26. The van der Waals surface area contributed by atoms with E-state index in [1.54, 1.807) is 29.2 Å². The molecule has 0 spiro atoms. The van der Waals surface area contributed by atoms with Crippen molar-refractivity contribution in [3.05, 3.63) is 82.2 Å². The average molecular weight is 441 g/mol. The molecule has 0 saturated carbocycles. The van der Waals surface area contributed by atoms with E-state index in [4.69, 9.17) is 0 Å². The van der Waals surface area contributed by atoms with Crippen molar-refractivity contribution in [1.29, 1.82) is 0 Å². The number of hydrogen-bond acceptors (Lipinski definition) is 3. The molecule has 2 aromatic carbocycles. The Bertz CT molecular complexity index is 1100. The molecule has 0 radical (unpaired) electrons. The van der Waals surface area contributed by atoms with Gasteiger partial charge in [-0.25, -0.2) is 8.78 Å². The lowest BCUT2D eigenvalue weighted by molar-refractivity contribution is 0.0702. The number of piperidine rings is 1. The maximum absolute atomic E-state index is 13.8. The molecule has 160 valence electrons. The molecule has 3 aromatic rings. The van der Waals surface area contributed by atoms with Gasteiger partial charge in [0.15, 0.2) is 0 Å². The maximum Gasteiger partial charge on any atom is 0.263 e. The van der Waals surface area contributed by atoms with Gasteiger partial charge < -0.3 is 10.2 Å². The standard InChI is InChI=1S/C24H22F2N2O2S/c1-15-14-21(31-22(15)16-6-8-17(25)9-7-16)24(30)28-12-10-18(11-13-28)27-23(29)19-4-2-3-5-20(19)26/h2-9,14,18H,10-13H2,1H3,(H,27,29). The Hall–Kier alpha value is -3.06. The first kappa shape index (κ1) is 21.2. The van der Waals surface area contributed by atoms with Crippen molar-refractivity contribution in [1.82, 2.24) is 10.2 Å². The zero-order valence-corrected chi connectivity index (χ0v) is 17.8. The van der Waals surface area contributed by atoms with Gasteiger partial charge in [0.2, 0.25) is 0 Å². The predicted molar refractivity (Wildman–Crippen MR) is 117 cm³/mol. The minimum atomic E-state index is -0.544. The van der Waals surface area contributed by atoms with E-state index in [-0.39, 0.29) is 23.3 Å². The van der Waals surface area contributed by atoms with Crippen molar-refractivity contribution < 1.29 is 18.4 Å². The van der Waals surface area contributed by atoms with Crippen LogP contribution in [0.5, 0.6) is 0 Å². The summed E-state index contributed by atoms with van der Waals surface area (Å²) in [5.41, 5.74) is 1.90. The van der Waals surface area contributed by atoms with Crippen LogP contribution in [-0.4, -0.2) is 35.8 Å². The number of carbonyl (C=O) groups is 2. The number of carbonyl (C=O) groups excluding carboxylic acids is 2. The van der Waals surface area contributed by atoms with E-state index >= 15 is 0 Å². The number of likely N-dealkylation sites (tertiary alicyclic amines) is 1. The van der Waals surface area contributed by atoms with Crippen LogP contribution in [0.25, 0.3) is 10.4 Å². The summed E-state index contributed by atoms with van der Waals surface area (Å²) in [6, 6.07) is 13.9. The molecule has 2 heterocycles. The van der Waals surface area contributed by atoms with Gasteiger partial charge in [-0.3, -0.25) is 9.59 Å². The van der Waals surface area contributed by atoms with Gasteiger partial charge >= 0.3 is 0 Å². The lowest BCUT2D eigenvalue weighted by Gasteiger charge is -2.32. The number of amides is 2. The first-order valence-corrected chi connectivity index (χ1v) is 10.9. The van der Waals surface area contributed by atoms with E-state index in [9.17, 15) is 18.4 Å². The van der Waals surface area contributed by atoms with Crippen LogP contribution in [0.4, 0.5) is 8.78 Å². The van der Waals surface area contributed by atoms with Gasteiger partial charge in [0, 0.05) is 24.0 Å². The Balaban J connectivity index is 1.37. The fraction of sp³-hybridized carbons (Fsp3) is 0.250. The number of thiophene rings is 1. The summed E-state index contributed by atoms with van der Waals surface area (Å²) in [6.07, 6.45) is 1.22. The number of nitrogens with zero attached hydrogens (tertiary/aromatic N) is 1. The summed E-state index contributed by atoms with van der Waals surface area (Å²) < 4.78 is 27.0. The molecule has 4 nitrogen and oxygen atoms in total. The Kier molecular flexibility index (Phi) is 6.13. The summed E-state index contributed by atoms with van der Waals surface area (Å²) in [6.45, 7) is 2.98. The molecule has 7 heteroatoms. The SMILES string of the molecule is Cc1cc(C(=O)N2CCC(NC(=O)c3ccccc3F)CC2)sc1-c1ccc(F)cc1. The van der Waals surface area contributed by atoms with Crippen LogP contribution in [0.2, 0.25) is 0 Å². The van der Waals surface area contributed by atoms with Crippen molar-refractivity contribution >= 4 is 23.2 Å². The predicted octanol–water partition coefficient (Wildman–Crippen LogP) is 5.04. The van der Waals surface area contributed by atoms with Crippen LogP contribution in [0.3, 0.4) is 0 Å². The van der Waals surface area contributed by atoms with Gasteiger partial charge in [-0.1, -0.05) is 24.3 Å². The monoisotopic (exact) mass is 440 g/mol. The van der Waals surface area contributed by atoms with Crippen molar-refractivity contribution in [2.75, 3.05) is 13.1 Å². The van der Waals surface area contributed by atoms with Crippen molar-refractivity contribution in [2.24, 2.45) is 0 Å². The van der Waals surface area contributed by atoms with Gasteiger partial charge in [-0.2, -0.15) is 0 Å². The summed E-state index contributed by atoms with van der Waals surface area (Å²) >= 11 is 1.41. The number of aryl methyl sites for hydroxylation is 1. The molecule has 1 aliphatic rings. The summed E-state index contributed by atoms with van der Waals surface area (Å²) in [5.74, 6) is -1.31. The van der Waals surface area contributed by atoms with Gasteiger partial charge in [-0.05, 0) is 61.2 Å².